The van der Waals surface area contributed by atoms with Crippen LogP contribution < -0.4 is 0 Å². The lowest BCUT2D eigenvalue weighted by molar-refractivity contribution is -0.138. The van der Waals surface area contributed by atoms with Crippen LogP contribution in [0.4, 0.5) is 4.79 Å². The fourth-order valence-corrected chi connectivity index (χ4v) is 2.29. The van der Waals surface area contributed by atoms with E-state index in [1.165, 1.54) is 4.90 Å². The molecule has 0 bridgehead atoms. The van der Waals surface area contributed by atoms with Crippen molar-refractivity contribution < 1.29 is 19.4 Å². The summed E-state index contributed by atoms with van der Waals surface area (Å²) < 4.78 is 5.45. The fraction of sp³-hybridized carbons (Fsp3) is 0.846. The molecule has 2 amide bonds. The summed E-state index contributed by atoms with van der Waals surface area (Å²) >= 11 is 0. The summed E-state index contributed by atoms with van der Waals surface area (Å²) in [6.45, 7) is 7.76. The van der Waals surface area contributed by atoms with E-state index in [0.29, 0.717) is 6.61 Å². The lowest BCUT2D eigenvalue weighted by Gasteiger charge is -2.39. The van der Waals surface area contributed by atoms with Gasteiger partial charge in [-0.2, -0.15) is 0 Å². The van der Waals surface area contributed by atoms with Gasteiger partial charge >= 0.3 is 12.0 Å². The molecule has 6 heteroatoms. The van der Waals surface area contributed by atoms with Crippen LogP contribution >= 0.6 is 0 Å². The predicted molar refractivity (Wildman–Crippen MR) is 71.1 cm³/mol. The van der Waals surface area contributed by atoms with Crippen molar-refractivity contribution in [3.63, 3.8) is 0 Å². The van der Waals surface area contributed by atoms with Gasteiger partial charge in [-0.15, -0.1) is 0 Å². The SMILES string of the molecule is CC1OCCC1N(C)C(=O)N(CC(=O)O)C(C)(C)C. The molecule has 19 heavy (non-hydrogen) atoms. The first-order valence-corrected chi connectivity index (χ1v) is 6.52. The highest BCUT2D eigenvalue weighted by atomic mass is 16.5. The summed E-state index contributed by atoms with van der Waals surface area (Å²) in [7, 11) is 1.71. The average molecular weight is 272 g/mol. The molecular formula is C13H24N2O4. The summed E-state index contributed by atoms with van der Waals surface area (Å²) in [4.78, 5) is 26.4. The number of aliphatic carboxylic acids is 1. The Labute approximate surface area is 114 Å². The largest absolute Gasteiger partial charge is 0.480 e. The first kappa shape index (κ1) is 15.8. The van der Waals surface area contributed by atoms with Crippen LogP contribution in [0.1, 0.15) is 34.1 Å². The zero-order valence-corrected chi connectivity index (χ0v) is 12.3. The van der Waals surface area contributed by atoms with E-state index >= 15 is 0 Å². The molecular weight excluding hydrogens is 248 g/mol. The van der Waals surface area contributed by atoms with Crippen LogP contribution in [0.3, 0.4) is 0 Å². The highest BCUT2D eigenvalue weighted by Gasteiger charge is 2.36. The molecule has 0 aliphatic carbocycles. The summed E-state index contributed by atoms with van der Waals surface area (Å²) in [5.74, 6) is -1.01. The maximum absolute atomic E-state index is 12.5. The number of carboxylic acids is 1. The van der Waals surface area contributed by atoms with E-state index in [1.807, 2.05) is 27.7 Å². The van der Waals surface area contributed by atoms with Crippen molar-refractivity contribution in [2.75, 3.05) is 20.2 Å². The van der Waals surface area contributed by atoms with Gasteiger partial charge in [-0.3, -0.25) is 4.79 Å². The lowest BCUT2D eigenvalue weighted by Crippen LogP contribution is -2.55. The number of nitrogens with zero attached hydrogens (tertiary/aromatic N) is 2. The lowest BCUT2D eigenvalue weighted by atomic mass is 10.1. The van der Waals surface area contributed by atoms with Crippen molar-refractivity contribution in [3.8, 4) is 0 Å². The second kappa shape index (κ2) is 5.77. The van der Waals surface area contributed by atoms with Gasteiger partial charge in [0.1, 0.15) is 6.54 Å². The summed E-state index contributed by atoms with van der Waals surface area (Å²) in [5, 5.41) is 8.96. The van der Waals surface area contributed by atoms with E-state index < -0.39 is 11.5 Å². The van der Waals surface area contributed by atoms with Gasteiger partial charge in [-0.05, 0) is 34.1 Å². The molecule has 0 aromatic rings. The molecule has 0 radical (unpaired) electrons. The second-order valence-corrected chi connectivity index (χ2v) is 5.98. The molecule has 1 heterocycles. The van der Waals surface area contributed by atoms with Crippen LogP contribution in [0.15, 0.2) is 0 Å². The van der Waals surface area contributed by atoms with Gasteiger partial charge in [0, 0.05) is 19.2 Å². The van der Waals surface area contributed by atoms with Crippen molar-refractivity contribution >= 4 is 12.0 Å². The number of carbonyl (C=O) groups is 2. The number of hydrogen-bond donors (Lipinski definition) is 1. The van der Waals surface area contributed by atoms with Crippen LogP contribution in [0, 0.1) is 0 Å². The molecule has 6 nitrogen and oxygen atoms in total. The fourth-order valence-electron chi connectivity index (χ4n) is 2.29. The summed E-state index contributed by atoms with van der Waals surface area (Å²) in [5.41, 5.74) is -0.535. The Hall–Kier alpha value is -1.30. The maximum Gasteiger partial charge on any atom is 0.323 e. The van der Waals surface area contributed by atoms with E-state index in [9.17, 15) is 9.59 Å². The van der Waals surface area contributed by atoms with Crippen LogP contribution in [0.25, 0.3) is 0 Å². The number of amides is 2. The minimum Gasteiger partial charge on any atom is -0.480 e. The minimum absolute atomic E-state index is 0.00569. The molecule has 0 aromatic carbocycles. The molecule has 1 saturated heterocycles. The second-order valence-electron chi connectivity index (χ2n) is 5.98. The number of hydrogen-bond acceptors (Lipinski definition) is 3. The predicted octanol–water partition coefficient (Wildman–Crippen LogP) is 1.40. The maximum atomic E-state index is 12.5. The third kappa shape index (κ3) is 3.83. The first-order chi connectivity index (χ1) is 8.64. The molecule has 1 rings (SSSR count). The molecule has 0 spiro atoms. The van der Waals surface area contributed by atoms with E-state index in [0.717, 1.165) is 6.42 Å². The Balaban J connectivity index is 2.84. The summed E-state index contributed by atoms with van der Waals surface area (Å²) in [6.07, 6.45) is 0.773. The zero-order valence-electron chi connectivity index (χ0n) is 12.3. The van der Waals surface area contributed by atoms with Crippen molar-refractivity contribution in [1.29, 1.82) is 0 Å². The van der Waals surface area contributed by atoms with Crippen LogP contribution in [0.2, 0.25) is 0 Å². The van der Waals surface area contributed by atoms with Crippen LogP contribution in [-0.4, -0.2) is 64.8 Å². The van der Waals surface area contributed by atoms with E-state index in [-0.39, 0.29) is 24.7 Å². The van der Waals surface area contributed by atoms with Gasteiger partial charge in [0.15, 0.2) is 0 Å². The first-order valence-electron chi connectivity index (χ1n) is 6.52. The van der Waals surface area contributed by atoms with Crippen LogP contribution in [-0.2, 0) is 9.53 Å². The normalized spacial score (nSPS) is 23.2. The quantitative estimate of drug-likeness (QED) is 0.843. The van der Waals surface area contributed by atoms with E-state index in [1.54, 1.807) is 11.9 Å². The third-order valence-electron chi connectivity index (χ3n) is 3.47. The standard InChI is InChI=1S/C13H24N2O4/c1-9-10(6-7-19-9)14(5)12(18)15(8-11(16)17)13(2,3)4/h9-10H,6-8H2,1-5H3,(H,16,17). The minimum atomic E-state index is -1.01. The van der Waals surface area contributed by atoms with Gasteiger partial charge < -0.3 is 19.6 Å². The molecule has 1 N–H and O–H groups in total. The molecule has 2 atom stereocenters. The van der Waals surface area contributed by atoms with Gasteiger partial charge in [0.25, 0.3) is 0 Å². The Morgan fingerprint density at radius 1 is 1.37 bits per heavy atom. The molecule has 2 unspecified atom stereocenters. The third-order valence-corrected chi connectivity index (χ3v) is 3.47. The Morgan fingerprint density at radius 2 is 1.95 bits per heavy atom. The summed E-state index contributed by atoms with van der Waals surface area (Å²) in [6, 6.07) is -0.261. The number of rotatable bonds is 3. The molecule has 1 fully saturated rings. The number of urea groups is 1. The van der Waals surface area contributed by atoms with E-state index in [2.05, 4.69) is 0 Å². The molecule has 0 aromatic heterocycles. The van der Waals surface area contributed by atoms with Crippen molar-refractivity contribution in [3.05, 3.63) is 0 Å². The molecule has 1 aliphatic heterocycles. The van der Waals surface area contributed by atoms with Gasteiger partial charge in [0.05, 0.1) is 12.1 Å². The van der Waals surface area contributed by atoms with Gasteiger partial charge in [0.2, 0.25) is 0 Å². The molecule has 1 aliphatic rings. The smallest absolute Gasteiger partial charge is 0.323 e. The highest BCUT2D eigenvalue weighted by molar-refractivity contribution is 5.81. The number of ether oxygens (including phenoxy) is 1. The van der Waals surface area contributed by atoms with Gasteiger partial charge in [-0.1, -0.05) is 0 Å². The van der Waals surface area contributed by atoms with E-state index in [4.69, 9.17) is 9.84 Å². The van der Waals surface area contributed by atoms with Gasteiger partial charge in [-0.25, -0.2) is 4.79 Å². The molecule has 110 valence electrons. The Morgan fingerprint density at radius 3 is 2.32 bits per heavy atom. The van der Waals surface area contributed by atoms with Crippen molar-refractivity contribution in [2.45, 2.75) is 51.8 Å². The average Bonchev–Trinajstić information content (AvgIpc) is 2.68. The number of likely N-dealkylation sites (N-methyl/N-ethyl adjacent to an activating group) is 1. The topological polar surface area (TPSA) is 70.1 Å². The number of carbonyl (C=O) groups excluding carboxylic acids is 1. The van der Waals surface area contributed by atoms with Crippen molar-refractivity contribution in [2.24, 2.45) is 0 Å². The Bertz CT molecular complexity index is 351. The number of carboxylic acid groups (broad SMARTS) is 1. The monoisotopic (exact) mass is 272 g/mol. The zero-order chi connectivity index (χ0) is 14.8. The Kier molecular flexibility index (Phi) is 4.79. The van der Waals surface area contributed by atoms with Crippen LogP contribution in [0.5, 0.6) is 0 Å². The van der Waals surface area contributed by atoms with Crippen molar-refractivity contribution in [1.82, 2.24) is 9.80 Å². The highest BCUT2D eigenvalue weighted by Crippen LogP contribution is 2.22. The molecule has 0 saturated carbocycles.